The number of carbonyl (C=O) groups excluding carboxylic acids is 1. The Balaban J connectivity index is 1.10. The zero-order valence-corrected chi connectivity index (χ0v) is 18.1. The number of hydrogen-bond donors (Lipinski definition) is 0. The summed E-state index contributed by atoms with van der Waals surface area (Å²) >= 11 is 0. The molecule has 0 spiro atoms. The van der Waals surface area contributed by atoms with Gasteiger partial charge in [-0.25, -0.2) is 4.79 Å². The molecule has 160 valence electrons. The van der Waals surface area contributed by atoms with Crippen LogP contribution in [0.15, 0.2) is 42.5 Å². The maximum atomic E-state index is 12.5. The first-order valence-corrected chi connectivity index (χ1v) is 12.7. The average molecular weight is 405 g/mol. The van der Waals surface area contributed by atoms with Crippen LogP contribution in [0.4, 0.5) is 0 Å². The third kappa shape index (κ3) is 3.26. The van der Waals surface area contributed by atoms with Crippen molar-refractivity contribution in [2.24, 2.45) is 47.3 Å². The molecule has 0 N–H and O–H groups in total. The van der Waals surface area contributed by atoms with Crippen LogP contribution in [0.1, 0.15) is 74.6 Å². The molecule has 5 aliphatic rings. The molecule has 9 unspecified atom stereocenters. The summed E-state index contributed by atoms with van der Waals surface area (Å²) in [6.07, 6.45) is 18.7. The molecule has 2 nitrogen and oxygen atoms in total. The normalized spacial score (nSPS) is 44.3. The van der Waals surface area contributed by atoms with Gasteiger partial charge in [-0.2, -0.15) is 0 Å². The van der Waals surface area contributed by atoms with E-state index >= 15 is 0 Å². The Hall–Kier alpha value is -1.57. The Bertz CT molecular complexity index is 798. The maximum absolute atomic E-state index is 12.5. The van der Waals surface area contributed by atoms with Crippen LogP contribution in [0.3, 0.4) is 0 Å². The number of hydrogen-bond acceptors (Lipinski definition) is 2. The summed E-state index contributed by atoms with van der Waals surface area (Å²) < 4.78 is 5.95. The first kappa shape index (κ1) is 19.1. The van der Waals surface area contributed by atoms with Crippen LogP contribution in [0.5, 0.6) is 0 Å². The van der Waals surface area contributed by atoms with Crippen molar-refractivity contribution in [3.05, 3.63) is 48.0 Å². The lowest BCUT2D eigenvalue weighted by atomic mass is 9.49. The van der Waals surface area contributed by atoms with Crippen LogP contribution in [-0.2, 0) is 4.74 Å². The minimum Gasteiger partial charge on any atom is -0.459 e. The van der Waals surface area contributed by atoms with Crippen molar-refractivity contribution in [1.82, 2.24) is 0 Å². The molecule has 2 heteroatoms. The number of allylic oxidation sites excluding steroid dienone is 2. The van der Waals surface area contributed by atoms with E-state index in [9.17, 15) is 4.79 Å². The smallest absolute Gasteiger partial charge is 0.338 e. The largest absolute Gasteiger partial charge is 0.459 e. The molecule has 0 saturated heterocycles. The highest BCUT2D eigenvalue weighted by molar-refractivity contribution is 5.89. The summed E-state index contributed by atoms with van der Waals surface area (Å²) in [4.78, 5) is 12.5. The van der Waals surface area contributed by atoms with Gasteiger partial charge in [0, 0.05) is 0 Å². The molecule has 0 aliphatic heterocycles. The molecule has 9 atom stereocenters. The van der Waals surface area contributed by atoms with Crippen LogP contribution in [-0.4, -0.2) is 12.1 Å². The molecule has 5 aliphatic carbocycles. The summed E-state index contributed by atoms with van der Waals surface area (Å²) in [6, 6.07) is 9.52. The quantitative estimate of drug-likeness (QED) is 0.406. The summed E-state index contributed by atoms with van der Waals surface area (Å²) in [5.74, 6) is 7.43. The SMILES string of the molecule is O=C(OC1CCC2C(CCC3C2CCC2C4CC=CC4CCC23)C1)c1ccccc1. The van der Waals surface area contributed by atoms with Gasteiger partial charge in [-0.15, -0.1) is 0 Å². The van der Waals surface area contributed by atoms with Crippen LogP contribution >= 0.6 is 0 Å². The Morgan fingerprint density at radius 2 is 1.40 bits per heavy atom. The topological polar surface area (TPSA) is 26.3 Å². The van der Waals surface area contributed by atoms with Crippen molar-refractivity contribution in [2.45, 2.75) is 70.3 Å². The fourth-order valence-corrected chi connectivity index (χ4v) is 8.73. The third-order valence-corrected chi connectivity index (χ3v) is 9.90. The predicted molar refractivity (Wildman–Crippen MR) is 119 cm³/mol. The minimum absolute atomic E-state index is 0.129. The van der Waals surface area contributed by atoms with E-state index in [-0.39, 0.29) is 12.1 Å². The molecule has 0 heterocycles. The van der Waals surface area contributed by atoms with E-state index in [1.807, 2.05) is 30.3 Å². The second-order valence-corrected chi connectivity index (χ2v) is 11.0. The van der Waals surface area contributed by atoms with E-state index in [1.54, 1.807) is 0 Å². The lowest BCUT2D eigenvalue weighted by Crippen LogP contribution is -2.49. The Morgan fingerprint density at radius 3 is 2.23 bits per heavy atom. The van der Waals surface area contributed by atoms with E-state index in [1.165, 1.54) is 51.4 Å². The molecule has 4 fully saturated rings. The first-order chi connectivity index (χ1) is 14.8. The van der Waals surface area contributed by atoms with Crippen LogP contribution in [0.2, 0.25) is 0 Å². The van der Waals surface area contributed by atoms with Gasteiger partial charge in [0.1, 0.15) is 6.10 Å². The molecule has 0 radical (unpaired) electrons. The molecule has 30 heavy (non-hydrogen) atoms. The number of benzene rings is 1. The van der Waals surface area contributed by atoms with Crippen molar-refractivity contribution in [3.63, 3.8) is 0 Å². The standard InChI is InChI=1S/C28H36O2/c29-28(19-5-2-1-3-6-19)30-21-11-14-23-20(17-21)10-13-27-25(23)16-15-24-22-8-4-7-18(22)9-12-26(24)27/h1-7,18,20-27H,8-17H2. The van der Waals surface area contributed by atoms with Gasteiger partial charge in [-0.1, -0.05) is 30.4 Å². The molecule has 0 bridgehead atoms. The fraction of sp³-hybridized carbons (Fsp3) is 0.679. The molecule has 4 saturated carbocycles. The average Bonchev–Trinajstić information content (AvgIpc) is 3.28. The number of carbonyl (C=O) groups is 1. The number of rotatable bonds is 2. The second kappa shape index (κ2) is 7.84. The van der Waals surface area contributed by atoms with Crippen LogP contribution < -0.4 is 0 Å². The predicted octanol–water partition coefficient (Wildman–Crippen LogP) is 6.67. The molecule has 6 rings (SSSR count). The molecular weight excluding hydrogens is 368 g/mol. The monoisotopic (exact) mass is 404 g/mol. The van der Waals surface area contributed by atoms with Crippen LogP contribution in [0.25, 0.3) is 0 Å². The lowest BCUT2D eigenvalue weighted by molar-refractivity contribution is -0.0804. The van der Waals surface area contributed by atoms with Gasteiger partial charge in [-0.05, 0) is 124 Å². The van der Waals surface area contributed by atoms with Gasteiger partial charge < -0.3 is 4.74 Å². The van der Waals surface area contributed by atoms with Crippen LogP contribution in [0, 0.1) is 47.3 Å². The Morgan fingerprint density at radius 1 is 0.733 bits per heavy atom. The lowest BCUT2D eigenvalue weighted by Gasteiger charge is -2.56. The first-order valence-electron chi connectivity index (χ1n) is 12.7. The Labute approximate surface area is 181 Å². The van der Waals surface area contributed by atoms with E-state index in [2.05, 4.69) is 12.2 Å². The van der Waals surface area contributed by atoms with Gasteiger partial charge in [0.05, 0.1) is 5.56 Å². The minimum atomic E-state index is -0.129. The van der Waals surface area contributed by atoms with Gasteiger partial charge in [0.2, 0.25) is 0 Å². The van der Waals surface area contributed by atoms with E-state index in [0.29, 0.717) is 5.56 Å². The zero-order valence-electron chi connectivity index (χ0n) is 18.1. The summed E-state index contributed by atoms with van der Waals surface area (Å²) in [7, 11) is 0. The molecule has 1 aromatic carbocycles. The molecule has 1 aromatic rings. The summed E-state index contributed by atoms with van der Waals surface area (Å²) in [5, 5.41) is 0. The highest BCUT2D eigenvalue weighted by Gasteiger charge is 2.52. The number of esters is 1. The van der Waals surface area contributed by atoms with E-state index in [0.717, 1.165) is 60.2 Å². The molecule has 0 amide bonds. The van der Waals surface area contributed by atoms with Gasteiger partial charge >= 0.3 is 5.97 Å². The van der Waals surface area contributed by atoms with Crippen molar-refractivity contribution >= 4 is 5.97 Å². The van der Waals surface area contributed by atoms with Crippen molar-refractivity contribution < 1.29 is 9.53 Å². The zero-order chi connectivity index (χ0) is 20.1. The number of ether oxygens (including phenoxy) is 1. The molecule has 0 aromatic heterocycles. The summed E-state index contributed by atoms with van der Waals surface area (Å²) in [6.45, 7) is 0. The third-order valence-electron chi connectivity index (χ3n) is 9.90. The van der Waals surface area contributed by atoms with Gasteiger partial charge in [0.15, 0.2) is 0 Å². The maximum Gasteiger partial charge on any atom is 0.338 e. The summed E-state index contributed by atoms with van der Waals surface area (Å²) in [5.41, 5.74) is 0.693. The molecular formula is C28H36O2. The van der Waals surface area contributed by atoms with E-state index < -0.39 is 0 Å². The second-order valence-electron chi connectivity index (χ2n) is 11.0. The Kier molecular flexibility index (Phi) is 5.00. The van der Waals surface area contributed by atoms with Crippen molar-refractivity contribution in [3.8, 4) is 0 Å². The fourth-order valence-electron chi connectivity index (χ4n) is 8.73. The van der Waals surface area contributed by atoms with Crippen molar-refractivity contribution in [1.29, 1.82) is 0 Å². The van der Waals surface area contributed by atoms with Gasteiger partial charge in [-0.3, -0.25) is 0 Å². The highest BCUT2D eigenvalue weighted by Crippen LogP contribution is 2.60. The van der Waals surface area contributed by atoms with E-state index in [4.69, 9.17) is 4.74 Å². The number of fused-ring (bicyclic) bond motifs is 7. The van der Waals surface area contributed by atoms with Gasteiger partial charge in [0.25, 0.3) is 0 Å². The van der Waals surface area contributed by atoms with Crippen molar-refractivity contribution in [2.75, 3.05) is 0 Å². The highest BCUT2D eigenvalue weighted by atomic mass is 16.5.